The summed E-state index contributed by atoms with van der Waals surface area (Å²) < 4.78 is 25.1. The number of tetrazole rings is 1. The van der Waals surface area contributed by atoms with Crippen LogP contribution in [0, 0.1) is 0 Å². The predicted molar refractivity (Wildman–Crippen MR) is 79.0 cm³/mol. The fourth-order valence-corrected chi connectivity index (χ4v) is 4.20. The van der Waals surface area contributed by atoms with Crippen molar-refractivity contribution < 1.29 is 8.42 Å². The van der Waals surface area contributed by atoms with E-state index < -0.39 is 9.84 Å². The summed E-state index contributed by atoms with van der Waals surface area (Å²) in [5.74, 6) is 0. The van der Waals surface area contributed by atoms with E-state index >= 15 is 0 Å². The highest BCUT2D eigenvalue weighted by Crippen LogP contribution is 2.28. The third-order valence-corrected chi connectivity index (χ3v) is 5.50. The Hall–Kier alpha value is -1.96. The van der Waals surface area contributed by atoms with Crippen molar-refractivity contribution in [3.05, 3.63) is 30.6 Å². The second kappa shape index (κ2) is 5.44. The molecule has 3 rings (SSSR count). The van der Waals surface area contributed by atoms with Gasteiger partial charge >= 0.3 is 0 Å². The van der Waals surface area contributed by atoms with Crippen LogP contribution in [-0.2, 0) is 9.84 Å². The summed E-state index contributed by atoms with van der Waals surface area (Å²) in [5.41, 5.74) is 1.77. The molecule has 1 aromatic carbocycles. The fraction of sp³-hybridized carbons (Fsp3) is 0.462. The molecule has 1 aliphatic rings. The molecule has 0 saturated heterocycles. The molecule has 0 bridgehead atoms. The van der Waals surface area contributed by atoms with Gasteiger partial charge in [-0.1, -0.05) is 0 Å². The Morgan fingerprint density at radius 2 is 2.00 bits per heavy atom. The molecule has 1 fully saturated rings. The summed E-state index contributed by atoms with van der Waals surface area (Å²) in [7, 11) is -3.01. The lowest BCUT2D eigenvalue weighted by Crippen LogP contribution is -2.34. The van der Waals surface area contributed by atoms with Crippen LogP contribution in [-0.4, -0.2) is 46.2 Å². The summed E-state index contributed by atoms with van der Waals surface area (Å²) in [5, 5.41) is 14.0. The molecule has 8 heteroatoms. The van der Waals surface area contributed by atoms with E-state index in [-0.39, 0.29) is 11.3 Å². The van der Waals surface area contributed by atoms with Gasteiger partial charge in [0.2, 0.25) is 0 Å². The zero-order valence-corrected chi connectivity index (χ0v) is 12.5. The van der Waals surface area contributed by atoms with E-state index in [1.165, 1.54) is 12.6 Å². The van der Waals surface area contributed by atoms with Gasteiger partial charge in [0.15, 0.2) is 9.84 Å². The maximum Gasteiger partial charge on any atom is 0.152 e. The molecule has 21 heavy (non-hydrogen) atoms. The number of hydrogen-bond donors (Lipinski definition) is 1. The fourth-order valence-electron chi connectivity index (χ4n) is 2.81. The summed E-state index contributed by atoms with van der Waals surface area (Å²) in [6.45, 7) is 0. The second-order valence-corrected chi connectivity index (χ2v) is 7.62. The molecule has 1 saturated carbocycles. The van der Waals surface area contributed by atoms with Gasteiger partial charge in [0, 0.05) is 18.0 Å². The van der Waals surface area contributed by atoms with Crippen molar-refractivity contribution in [1.82, 2.24) is 20.2 Å². The van der Waals surface area contributed by atoms with Gasteiger partial charge in [-0.2, -0.15) is 0 Å². The van der Waals surface area contributed by atoms with Crippen LogP contribution in [0.3, 0.4) is 0 Å². The smallest absolute Gasteiger partial charge is 0.152 e. The number of sulfone groups is 1. The summed E-state index contributed by atoms with van der Waals surface area (Å²) in [6, 6.07) is 7.59. The van der Waals surface area contributed by atoms with Crippen molar-refractivity contribution in [1.29, 1.82) is 0 Å². The highest BCUT2D eigenvalue weighted by molar-refractivity contribution is 7.91. The third-order valence-electron chi connectivity index (χ3n) is 3.84. The van der Waals surface area contributed by atoms with E-state index in [9.17, 15) is 8.42 Å². The third kappa shape index (κ3) is 3.05. The van der Waals surface area contributed by atoms with E-state index in [0.717, 1.165) is 30.6 Å². The number of hydrogen-bond acceptors (Lipinski definition) is 6. The number of nitrogens with zero attached hydrogens (tertiary/aromatic N) is 4. The Kier molecular flexibility index (Phi) is 3.62. The van der Waals surface area contributed by atoms with Crippen LogP contribution in [0.2, 0.25) is 0 Å². The molecule has 0 aliphatic heterocycles. The van der Waals surface area contributed by atoms with Crippen LogP contribution >= 0.6 is 0 Å². The number of benzene rings is 1. The minimum atomic E-state index is -3.01. The summed E-state index contributed by atoms with van der Waals surface area (Å²) in [4.78, 5) is 0. The van der Waals surface area contributed by atoms with Crippen LogP contribution in [0.15, 0.2) is 30.6 Å². The molecule has 1 aliphatic carbocycles. The summed E-state index contributed by atoms with van der Waals surface area (Å²) >= 11 is 0. The topological polar surface area (TPSA) is 89.8 Å². The standard InChI is InChI=1S/C13H17N5O2S/c1-21(19,20)13-4-2-3-12(13)15-10-5-7-11(8-6-10)18-9-14-16-17-18/h5-9,12-13,15H,2-4H2,1H3. The number of anilines is 1. The lowest BCUT2D eigenvalue weighted by molar-refractivity contribution is 0.579. The molecular weight excluding hydrogens is 290 g/mol. The van der Waals surface area contributed by atoms with Crippen LogP contribution in [0.5, 0.6) is 0 Å². The number of rotatable bonds is 4. The molecule has 1 aromatic heterocycles. The van der Waals surface area contributed by atoms with Crippen LogP contribution in [0.4, 0.5) is 5.69 Å². The second-order valence-electron chi connectivity index (χ2n) is 5.35. The average Bonchev–Trinajstić information content (AvgIpc) is 3.09. The first kappa shape index (κ1) is 14.0. The Morgan fingerprint density at radius 3 is 2.62 bits per heavy atom. The van der Waals surface area contributed by atoms with E-state index in [1.54, 1.807) is 4.68 Å². The molecule has 2 unspecified atom stereocenters. The van der Waals surface area contributed by atoms with Gasteiger partial charge in [-0.15, -0.1) is 5.10 Å². The normalized spacial score (nSPS) is 22.3. The zero-order valence-electron chi connectivity index (χ0n) is 11.7. The van der Waals surface area contributed by atoms with E-state index in [1.807, 2.05) is 24.3 Å². The van der Waals surface area contributed by atoms with Gasteiger partial charge < -0.3 is 5.32 Å². The Morgan fingerprint density at radius 1 is 1.24 bits per heavy atom. The predicted octanol–water partition coefficient (Wildman–Crippen LogP) is 1.04. The summed E-state index contributed by atoms with van der Waals surface area (Å²) in [6.07, 6.45) is 5.40. The Balaban J connectivity index is 1.73. The van der Waals surface area contributed by atoms with Gasteiger partial charge in [-0.05, 0) is 54.0 Å². The van der Waals surface area contributed by atoms with Gasteiger partial charge in [-0.25, -0.2) is 13.1 Å². The maximum atomic E-state index is 11.8. The molecule has 1 heterocycles. The quantitative estimate of drug-likeness (QED) is 0.907. The SMILES string of the molecule is CS(=O)(=O)C1CCCC1Nc1ccc(-n2cnnn2)cc1. The largest absolute Gasteiger partial charge is 0.381 e. The molecule has 0 amide bonds. The lowest BCUT2D eigenvalue weighted by atomic mass is 10.2. The van der Waals surface area contributed by atoms with Gasteiger partial charge in [0.25, 0.3) is 0 Å². The number of aromatic nitrogens is 4. The maximum absolute atomic E-state index is 11.8. The zero-order chi connectivity index (χ0) is 14.9. The van der Waals surface area contributed by atoms with E-state index in [0.29, 0.717) is 0 Å². The van der Waals surface area contributed by atoms with E-state index in [4.69, 9.17) is 0 Å². The van der Waals surface area contributed by atoms with Crippen LogP contribution in [0.25, 0.3) is 5.69 Å². The van der Waals surface area contributed by atoms with Crippen LogP contribution < -0.4 is 5.32 Å². The average molecular weight is 307 g/mol. The van der Waals surface area contributed by atoms with Gasteiger partial charge in [0.05, 0.1) is 10.9 Å². The van der Waals surface area contributed by atoms with Crippen molar-refractivity contribution in [3.63, 3.8) is 0 Å². The molecular formula is C13H17N5O2S. The first-order valence-corrected chi connectivity index (χ1v) is 8.78. The molecule has 7 nitrogen and oxygen atoms in total. The minimum Gasteiger partial charge on any atom is -0.381 e. The molecule has 0 radical (unpaired) electrons. The highest BCUT2D eigenvalue weighted by Gasteiger charge is 2.34. The van der Waals surface area contributed by atoms with Crippen LogP contribution in [0.1, 0.15) is 19.3 Å². The molecule has 1 N–H and O–H groups in total. The van der Waals surface area contributed by atoms with Crippen molar-refractivity contribution in [2.24, 2.45) is 0 Å². The van der Waals surface area contributed by atoms with Gasteiger partial charge in [0.1, 0.15) is 6.33 Å². The molecule has 2 atom stereocenters. The molecule has 2 aromatic rings. The molecule has 0 spiro atoms. The van der Waals surface area contributed by atoms with Gasteiger partial charge in [-0.3, -0.25) is 0 Å². The van der Waals surface area contributed by atoms with Crippen molar-refractivity contribution in [3.8, 4) is 5.69 Å². The van der Waals surface area contributed by atoms with Crippen molar-refractivity contribution >= 4 is 15.5 Å². The highest BCUT2D eigenvalue weighted by atomic mass is 32.2. The molecule has 112 valence electrons. The Labute approximate surface area is 123 Å². The Bertz CT molecular complexity index is 697. The van der Waals surface area contributed by atoms with Crippen molar-refractivity contribution in [2.45, 2.75) is 30.6 Å². The lowest BCUT2D eigenvalue weighted by Gasteiger charge is -2.20. The van der Waals surface area contributed by atoms with Crippen molar-refractivity contribution in [2.75, 3.05) is 11.6 Å². The van der Waals surface area contributed by atoms with E-state index in [2.05, 4.69) is 20.8 Å². The first-order valence-electron chi connectivity index (χ1n) is 6.83. The monoisotopic (exact) mass is 307 g/mol. The first-order chi connectivity index (χ1) is 10.0. The minimum absolute atomic E-state index is 0.0149. The number of nitrogens with one attached hydrogen (secondary N) is 1.